The number of nitrogens with zero attached hydrogens (tertiary/aromatic N) is 1. The molecule has 1 unspecified atom stereocenters. The summed E-state index contributed by atoms with van der Waals surface area (Å²) in [5.41, 5.74) is 3.37. The molecule has 1 atom stereocenters. The Kier molecular flexibility index (Phi) is 6.34. The van der Waals surface area contributed by atoms with Gasteiger partial charge < -0.3 is 5.32 Å². The molecule has 0 aliphatic rings. The number of amides is 1. The van der Waals surface area contributed by atoms with Crippen molar-refractivity contribution in [1.82, 2.24) is 4.98 Å². The van der Waals surface area contributed by atoms with E-state index >= 15 is 0 Å². The second kappa shape index (κ2) is 8.25. The summed E-state index contributed by atoms with van der Waals surface area (Å²) in [5.74, 6) is 0.717. The van der Waals surface area contributed by atoms with Gasteiger partial charge in [-0.15, -0.1) is 11.3 Å². The summed E-state index contributed by atoms with van der Waals surface area (Å²) >= 11 is 1.48. The highest BCUT2D eigenvalue weighted by atomic mass is 32.1. The van der Waals surface area contributed by atoms with E-state index in [4.69, 9.17) is 0 Å². The van der Waals surface area contributed by atoms with Crippen molar-refractivity contribution in [2.24, 2.45) is 5.92 Å². The van der Waals surface area contributed by atoms with Gasteiger partial charge in [-0.25, -0.2) is 4.98 Å². The van der Waals surface area contributed by atoms with Crippen molar-refractivity contribution < 1.29 is 4.79 Å². The van der Waals surface area contributed by atoms with Gasteiger partial charge in [-0.05, 0) is 30.7 Å². The molecule has 1 heterocycles. The van der Waals surface area contributed by atoms with E-state index < -0.39 is 0 Å². The number of nitrogens with one attached hydrogen (secondary N) is 1. The van der Waals surface area contributed by atoms with Crippen LogP contribution in [0.15, 0.2) is 29.6 Å². The van der Waals surface area contributed by atoms with Gasteiger partial charge in [-0.1, -0.05) is 52.0 Å². The van der Waals surface area contributed by atoms with Crippen LogP contribution in [0.2, 0.25) is 0 Å². The number of anilines is 1. The van der Waals surface area contributed by atoms with Crippen molar-refractivity contribution in [2.75, 3.05) is 5.32 Å². The van der Waals surface area contributed by atoms with Gasteiger partial charge >= 0.3 is 0 Å². The first-order chi connectivity index (χ1) is 11.1. The van der Waals surface area contributed by atoms with Gasteiger partial charge in [0.25, 0.3) is 0 Å². The number of carbonyl (C=O) groups excluding carboxylic acids is 1. The van der Waals surface area contributed by atoms with E-state index in [2.05, 4.69) is 48.4 Å². The van der Waals surface area contributed by atoms with Gasteiger partial charge in [-0.3, -0.25) is 4.79 Å². The van der Waals surface area contributed by atoms with Crippen molar-refractivity contribution in [3.8, 4) is 11.3 Å². The van der Waals surface area contributed by atoms with Gasteiger partial charge in [0.05, 0.1) is 5.69 Å². The Morgan fingerprint density at radius 1 is 1.13 bits per heavy atom. The lowest BCUT2D eigenvalue weighted by molar-refractivity contribution is -0.120. The molecular weight excluding hydrogens is 304 g/mol. The van der Waals surface area contributed by atoms with E-state index in [1.165, 1.54) is 16.9 Å². The number of benzene rings is 1. The first-order valence-electron chi connectivity index (χ1n) is 8.45. The molecule has 0 bridgehead atoms. The second-order valence-corrected chi connectivity index (χ2v) is 6.83. The average Bonchev–Trinajstić information content (AvgIpc) is 3.04. The Balaban J connectivity index is 2.08. The van der Waals surface area contributed by atoms with Crippen LogP contribution in [0.25, 0.3) is 11.3 Å². The van der Waals surface area contributed by atoms with E-state index in [0.29, 0.717) is 11.0 Å². The number of thiazole rings is 1. The first kappa shape index (κ1) is 17.7. The Morgan fingerprint density at radius 2 is 1.78 bits per heavy atom. The molecule has 0 spiro atoms. The van der Waals surface area contributed by atoms with Crippen molar-refractivity contribution in [1.29, 1.82) is 0 Å². The Hall–Kier alpha value is -1.68. The lowest BCUT2D eigenvalue weighted by Gasteiger charge is -2.10. The highest BCUT2D eigenvalue weighted by Gasteiger charge is 2.16. The third-order valence-electron chi connectivity index (χ3n) is 4.48. The summed E-state index contributed by atoms with van der Waals surface area (Å²) in [6.07, 6.45) is 2.86. The van der Waals surface area contributed by atoms with E-state index in [0.717, 1.165) is 30.5 Å². The van der Waals surface area contributed by atoms with Crippen LogP contribution in [-0.2, 0) is 4.79 Å². The van der Waals surface area contributed by atoms with Crippen LogP contribution in [0.1, 0.15) is 58.4 Å². The zero-order valence-corrected chi connectivity index (χ0v) is 15.2. The van der Waals surface area contributed by atoms with Crippen LogP contribution in [-0.4, -0.2) is 10.9 Å². The highest BCUT2D eigenvalue weighted by molar-refractivity contribution is 7.14. The fourth-order valence-electron chi connectivity index (χ4n) is 2.55. The molecule has 124 valence electrons. The molecule has 0 radical (unpaired) electrons. The maximum Gasteiger partial charge on any atom is 0.229 e. The molecule has 0 aliphatic heterocycles. The monoisotopic (exact) mass is 330 g/mol. The van der Waals surface area contributed by atoms with Crippen LogP contribution < -0.4 is 5.32 Å². The molecule has 23 heavy (non-hydrogen) atoms. The molecule has 2 aromatic rings. The minimum Gasteiger partial charge on any atom is -0.302 e. The number of hydrogen-bond acceptors (Lipinski definition) is 3. The summed E-state index contributed by atoms with van der Waals surface area (Å²) in [6, 6.07) is 8.57. The van der Waals surface area contributed by atoms with Crippen LogP contribution >= 0.6 is 11.3 Å². The minimum atomic E-state index is 0.0668. The Bertz CT molecular complexity index is 629. The topological polar surface area (TPSA) is 42.0 Å². The van der Waals surface area contributed by atoms with Gasteiger partial charge in [0.1, 0.15) is 0 Å². The van der Waals surface area contributed by atoms with Gasteiger partial charge in [0.15, 0.2) is 5.13 Å². The molecule has 1 aromatic heterocycles. The third-order valence-corrected chi connectivity index (χ3v) is 5.24. The van der Waals surface area contributed by atoms with E-state index in [1.807, 2.05) is 19.2 Å². The van der Waals surface area contributed by atoms with Crippen LogP contribution in [0.3, 0.4) is 0 Å². The fourth-order valence-corrected chi connectivity index (χ4v) is 3.27. The Labute approximate surface area is 143 Å². The normalized spacial score (nSPS) is 12.4. The minimum absolute atomic E-state index is 0.0668. The summed E-state index contributed by atoms with van der Waals surface area (Å²) in [5, 5.41) is 5.63. The SMILES string of the molecule is CCC(CC)C(=O)Nc1nc(-c2ccc(C(C)CC)cc2)cs1. The molecule has 0 fully saturated rings. The van der Waals surface area contributed by atoms with Crippen molar-refractivity contribution in [3.63, 3.8) is 0 Å². The summed E-state index contributed by atoms with van der Waals surface area (Å²) in [6.45, 7) is 8.52. The molecule has 4 heteroatoms. The van der Waals surface area contributed by atoms with Crippen molar-refractivity contribution >= 4 is 22.4 Å². The van der Waals surface area contributed by atoms with Crippen LogP contribution in [0, 0.1) is 5.92 Å². The van der Waals surface area contributed by atoms with E-state index in [9.17, 15) is 4.79 Å². The fraction of sp³-hybridized carbons (Fsp3) is 0.474. The quantitative estimate of drug-likeness (QED) is 0.707. The summed E-state index contributed by atoms with van der Waals surface area (Å²) in [7, 11) is 0. The molecule has 3 nitrogen and oxygen atoms in total. The third kappa shape index (κ3) is 4.41. The molecule has 0 saturated heterocycles. The zero-order valence-electron chi connectivity index (χ0n) is 14.4. The summed E-state index contributed by atoms with van der Waals surface area (Å²) in [4.78, 5) is 16.7. The smallest absolute Gasteiger partial charge is 0.229 e. The van der Waals surface area contributed by atoms with Crippen molar-refractivity contribution in [2.45, 2.75) is 52.9 Å². The van der Waals surface area contributed by atoms with Crippen molar-refractivity contribution in [3.05, 3.63) is 35.2 Å². The molecule has 1 amide bonds. The second-order valence-electron chi connectivity index (χ2n) is 5.97. The number of carbonyl (C=O) groups is 1. The maximum atomic E-state index is 12.1. The molecule has 2 rings (SSSR count). The van der Waals surface area contributed by atoms with E-state index in [-0.39, 0.29) is 11.8 Å². The molecular formula is C19H26N2OS. The largest absolute Gasteiger partial charge is 0.302 e. The van der Waals surface area contributed by atoms with Gasteiger partial charge in [0.2, 0.25) is 5.91 Å². The molecule has 1 N–H and O–H groups in total. The zero-order chi connectivity index (χ0) is 16.8. The number of rotatable bonds is 7. The predicted molar refractivity (Wildman–Crippen MR) is 99.0 cm³/mol. The highest BCUT2D eigenvalue weighted by Crippen LogP contribution is 2.27. The molecule has 0 saturated carbocycles. The first-order valence-corrected chi connectivity index (χ1v) is 9.33. The Morgan fingerprint density at radius 3 is 2.35 bits per heavy atom. The lowest BCUT2D eigenvalue weighted by atomic mass is 9.97. The molecule has 0 aliphatic carbocycles. The average molecular weight is 330 g/mol. The number of hydrogen-bond donors (Lipinski definition) is 1. The maximum absolute atomic E-state index is 12.1. The van der Waals surface area contributed by atoms with Crippen LogP contribution in [0.5, 0.6) is 0 Å². The van der Waals surface area contributed by atoms with Gasteiger partial charge in [-0.2, -0.15) is 0 Å². The van der Waals surface area contributed by atoms with Crippen LogP contribution in [0.4, 0.5) is 5.13 Å². The standard InChI is InChI=1S/C19H26N2OS/c1-5-13(4)15-8-10-16(11-9-15)17-12-23-19(20-17)21-18(22)14(6-2)7-3/h8-14H,5-7H2,1-4H3,(H,20,21,22). The summed E-state index contributed by atoms with van der Waals surface area (Å²) < 4.78 is 0. The van der Waals surface area contributed by atoms with E-state index in [1.54, 1.807) is 0 Å². The lowest BCUT2D eigenvalue weighted by Crippen LogP contribution is -2.21. The number of aromatic nitrogens is 1. The molecule has 1 aromatic carbocycles. The van der Waals surface area contributed by atoms with Gasteiger partial charge in [0, 0.05) is 16.9 Å². The predicted octanol–water partition coefficient (Wildman–Crippen LogP) is 5.70.